The third-order valence-electron chi connectivity index (χ3n) is 10.5. The largest absolute Gasteiger partial charge is 0.455 e. The number of rotatable bonds is 7. The Labute approximate surface area is 314 Å². The molecule has 0 radical (unpaired) electrons. The van der Waals surface area contributed by atoms with Crippen LogP contribution in [-0.4, -0.2) is 0 Å². The molecule has 0 saturated heterocycles. The van der Waals surface area contributed by atoms with Crippen LogP contribution in [0.15, 0.2) is 217 Å². The number of para-hydroxylation sites is 3. The highest BCUT2D eigenvalue weighted by Gasteiger charge is 2.25. The summed E-state index contributed by atoms with van der Waals surface area (Å²) in [6.07, 6.45) is 0. The van der Waals surface area contributed by atoms with Crippen molar-refractivity contribution in [2.45, 2.75) is 0 Å². The van der Waals surface area contributed by atoms with E-state index in [4.69, 9.17) is 4.42 Å². The summed E-state index contributed by atoms with van der Waals surface area (Å²) in [6, 6.07) is 75.7. The van der Waals surface area contributed by atoms with E-state index in [1.54, 1.807) is 0 Å². The Hall–Kier alpha value is -7.16. The minimum absolute atomic E-state index is 0.848. The maximum absolute atomic E-state index is 6.83. The molecular formula is C52H35NO. The molecule has 0 spiro atoms. The van der Waals surface area contributed by atoms with E-state index in [0.29, 0.717) is 0 Å². The Balaban J connectivity index is 1.16. The van der Waals surface area contributed by atoms with Crippen LogP contribution in [0.2, 0.25) is 0 Å². The van der Waals surface area contributed by atoms with Crippen molar-refractivity contribution >= 4 is 49.6 Å². The number of furan rings is 1. The first-order chi connectivity index (χ1) is 26.8. The number of nitrogens with zero attached hydrogens (tertiary/aromatic N) is 1. The Bertz CT molecular complexity index is 2920. The highest BCUT2D eigenvalue weighted by Crippen LogP contribution is 2.49. The molecule has 54 heavy (non-hydrogen) atoms. The molecule has 0 N–H and O–H groups in total. The molecular weight excluding hydrogens is 655 g/mol. The normalized spacial score (nSPS) is 11.3. The van der Waals surface area contributed by atoms with Crippen LogP contribution in [0.4, 0.5) is 17.1 Å². The molecule has 2 heteroatoms. The number of benzene rings is 9. The maximum atomic E-state index is 6.83. The molecule has 0 saturated carbocycles. The Morgan fingerprint density at radius 2 is 0.889 bits per heavy atom. The van der Waals surface area contributed by atoms with Crippen molar-refractivity contribution < 1.29 is 4.42 Å². The van der Waals surface area contributed by atoms with Gasteiger partial charge in [-0.2, -0.15) is 0 Å². The number of fused-ring (bicyclic) bond motifs is 4. The highest BCUT2D eigenvalue weighted by molar-refractivity contribution is 6.09. The van der Waals surface area contributed by atoms with Crippen LogP contribution in [0.25, 0.3) is 77.2 Å². The van der Waals surface area contributed by atoms with Gasteiger partial charge in [0, 0.05) is 27.8 Å². The lowest BCUT2D eigenvalue weighted by atomic mass is 9.96. The lowest BCUT2D eigenvalue weighted by Crippen LogP contribution is -2.12. The summed E-state index contributed by atoms with van der Waals surface area (Å²) in [5.41, 5.74) is 11.9. The first kappa shape index (κ1) is 31.6. The zero-order chi connectivity index (χ0) is 35.8. The third-order valence-corrected chi connectivity index (χ3v) is 10.5. The molecule has 254 valence electrons. The van der Waals surface area contributed by atoms with Gasteiger partial charge in [-0.15, -0.1) is 0 Å². The lowest BCUT2D eigenvalue weighted by Gasteiger charge is -2.29. The molecule has 2 nitrogen and oxygen atoms in total. The topological polar surface area (TPSA) is 16.4 Å². The van der Waals surface area contributed by atoms with E-state index in [2.05, 4.69) is 211 Å². The average Bonchev–Trinajstić information content (AvgIpc) is 3.64. The quantitative estimate of drug-likeness (QED) is 0.155. The van der Waals surface area contributed by atoms with Gasteiger partial charge in [-0.3, -0.25) is 0 Å². The molecule has 0 aliphatic heterocycles. The van der Waals surface area contributed by atoms with Gasteiger partial charge in [0.1, 0.15) is 11.3 Å². The average molecular weight is 690 g/mol. The lowest BCUT2D eigenvalue weighted by molar-refractivity contribution is 0.632. The summed E-state index contributed by atoms with van der Waals surface area (Å²) in [5, 5.41) is 6.15. The van der Waals surface area contributed by atoms with Gasteiger partial charge in [0.2, 0.25) is 0 Å². The van der Waals surface area contributed by atoms with Gasteiger partial charge >= 0.3 is 0 Å². The predicted molar refractivity (Wildman–Crippen MR) is 228 cm³/mol. The molecule has 0 fully saturated rings. The molecule has 10 aromatic rings. The fraction of sp³-hybridized carbons (Fsp3) is 0. The van der Waals surface area contributed by atoms with E-state index in [1.807, 2.05) is 6.07 Å². The molecule has 0 amide bonds. The van der Waals surface area contributed by atoms with Crippen LogP contribution < -0.4 is 4.90 Å². The minimum atomic E-state index is 0.848. The summed E-state index contributed by atoms with van der Waals surface area (Å²) < 4.78 is 6.83. The first-order valence-electron chi connectivity index (χ1n) is 18.4. The van der Waals surface area contributed by atoms with Crippen LogP contribution in [0.3, 0.4) is 0 Å². The third kappa shape index (κ3) is 5.53. The van der Waals surface area contributed by atoms with Gasteiger partial charge in [-0.25, -0.2) is 0 Å². The van der Waals surface area contributed by atoms with Crippen LogP contribution in [0, 0.1) is 0 Å². The van der Waals surface area contributed by atoms with Crippen molar-refractivity contribution in [1.82, 2.24) is 0 Å². The van der Waals surface area contributed by atoms with Crippen LogP contribution >= 0.6 is 0 Å². The van der Waals surface area contributed by atoms with Gasteiger partial charge in [0.15, 0.2) is 0 Å². The number of hydrogen-bond acceptors (Lipinski definition) is 2. The fourth-order valence-corrected chi connectivity index (χ4v) is 7.92. The second-order valence-corrected chi connectivity index (χ2v) is 13.7. The predicted octanol–water partition coefficient (Wildman–Crippen LogP) is 14.9. The molecule has 0 unspecified atom stereocenters. The van der Waals surface area contributed by atoms with Crippen LogP contribution in [-0.2, 0) is 0 Å². The smallest absolute Gasteiger partial charge is 0.145 e. The fourth-order valence-electron chi connectivity index (χ4n) is 7.92. The van der Waals surface area contributed by atoms with Gasteiger partial charge in [-0.1, -0.05) is 170 Å². The molecule has 0 aliphatic rings. The Morgan fingerprint density at radius 1 is 0.333 bits per heavy atom. The van der Waals surface area contributed by atoms with Crippen molar-refractivity contribution in [3.05, 3.63) is 212 Å². The standard InChI is InChI=1S/C52H35NO/c1-3-15-37(16-4-1)45-21-9-12-24-48(45)53(42-32-29-36(30-33-42)40-31-34-44-41(35-40)28-27-38-17-7-8-20-43(38)44)49-25-13-10-22-46(49)52-51(39-18-5-2-6-19-39)47-23-11-14-26-50(47)54-52/h1-35H. The summed E-state index contributed by atoms with van der Waals surface area (Å²) in [5.74, 6) is 0.848. The SMILES string of the molecule is c1ccc(-c2ccccc2N(c2ccc(-c3ccc4c(ccc5ccccc54)c3)cc2)c2ccccc2-c2oc3ccccc3c2-c2ccccc2)cc1. The molecule has 9 aromatic carbocycles. The van der Waals surface area contributed by atoms with E-state index >= 15 is 0 Å². The van der Waals surface area contributed by atoms with Crippen molar-refractivity contribution in [2.75, 3.05) is 4.90 Å². The van der Waals surface area contributed by atoms with E-state index in [1.165, 1.54) is 32.7 Å². The van der Waals surface area contributed by atoms with Crippen molar-refractivity contribution in [3.63, 3.8) is 0 Å². The second-order valence-electron chi connectivity index (χ2n) is 13.7. The molecule has 0 atom stereocenters. The van der Waals surface area contributed by atoms with Gasteiger partial charge in [0.25, 0.3) is 0 Å². The first-order valence-corrected chi connectivity index (χ1v) is 18.4. The monoisotopic (exact) mass is 689 g/mol. The molecule has 1 aromatic heterocycles. The Morgan fingerprint density at radius 3 is 1.67 bits per heavy atom. The van der Waals surface area contributed by atoms with E-state index in [0.717, 1.165) is 61.6 Å². The van der Waals surface area contributed by atoms with Gasteiger partial charge in [-0.05, 0) is 86.3 Å². The second kappa shape index (κ2) is 13.4. The van der Waals surface area contributed by atoms with Gasteiger partial charge < -0.3 is 9.32 Å². The summed E-state index contributed by atoms with van der Waals surface area (Å²) >= 11 is 0. The summed E-state index contributed by atoms with van der Waals surface area (Å²) in [7, 11) is 0. The molecule has 0 aliphatic carbocycles. The summed E-state index contributed by atoms with van der Waals surface area (Å²) in [6.45, 7) is 0. The zero-order valence-corrected chi connectivity index (χ0v) is 29.6. The van der Waals surface area contributed by atoms with E-state index in [-0.39, 0.29) is 0 Å². The van der Waals surface area contributed by atoms with E-state index in [9.17, 15) is 0 Å². The van der Waals surface area contributed by atoms with Crippen LogP contribution in [0.1, 0.15) is 0 Å². The maximum Gasteiger partial charge on any atom is 0.145 e. The van der Waals surface area contributed by atoms with Crippen molar-refractivity contribution in [3.8, 4) is 44.7 Å². The number of hydrogen-bond donors (Lipinski definition) is 0. The molecule has 0 bridgehead atoms. The Kier molecular flexibility index (Phi) is 7.85. The zero-order valence-electron chi connectivity index (χ0n) is 29.6. The van der Waals surface area contributed by atoms with Gasteiger partial charge in [0.05, 0.1) is 11.4 Å². The summed E-state index contributed by atoms with van der Waals surface area (Å²) in [4.78, 5) is 2.38. The van der Waals surface area contributed by atoms with Crippen LogP contribution in [0.5, 0.6) is 0 Å². The van der Waals surface area contributed by atoms with E-state index < -0.39 is 0 Å². The number of anilines is 3. The molecule has 10 rings (SSSR count). The minimum Gasteiger partial charge on any atom is -0.455 e. The molecule has 1 heterocycles. The highest BCUT2D eigenvalue weighted by atomic mass is 16.3. The van der Waals surface area contributed by atoms with Crippen molar-refractivity contribution in [2.24, 2.45) is 0 Å². The van der Waals surface area contributed by atoms with Crippen molar-refractivity contribution in [1.29, 1.82) is 0 Å².